The molecule has 0 aliphatic heterocycles. The number of hydrogen-bond acceptors (Lipinski definition) is 2. The third kappa shape index (κ3) is 1.86. The van der Waals surface area contributed by atoms with Crippen LogP contribution in [0.4, 0.5) is 0 Å². The van der Waals surface area contributed by atoms with Gasteiger partial charge in [-0.1, -0.05) is 24.3 Å². The smallest absolute Gasteiger partial charge is 0.352 e. The minimum atomic E-state index is -0.911. The third-order valence-corrected chi connectivity index (χ3v) is 3.42. The second kappa shape index (κ2) is 4.81. The lowest BCUT2D eigenvalue weighted by atomic mass is 10.1. The predicted octanol–water partition coefficient (Wildman–Crippen LogP) is 3.42. The van der Waals surface area contributed by atoms with E-state index in [9.17, 15) is 9.90 Å². The van der Waals surface area contributed by atoms with Gasteiger partial charge in [0.2, 0.25) is 0 Å². The lowest BCUT2D eigenvalue weighted by Gasteiger charge is -2.10. The van der Waals surface area contributed by atoms with Gasteiger partial charge in [0.1, 0.15) is 5.69 Å². The van der Waals surface area contributed by atoms with Gasteiger partial charge < -0.3 is 9.67 Å². The van der Waals surface area contributed by atoms with E-state index in [1.54, 1.807) is 16.8 Å². The lowest BCUT2D eigenvalue weighted by molar-refractivity contribution is 0.0685. The van der Waals surface area contributed by atoms with E-state index in [0.29, 0.717) is 12.2 Å². The molecule has 2 aromatic heterocycles. The molecule has 1 N–H and O–H groups in total. The van der Waals surface area contributed by atoms with Crippen molar-refractivity contribution in [2.24, 2.45) is 0 Å². The number of nitrogens with zero attached hydrogens (tertiary/aromatic N) is 2. The fourth-order valence-corrected chi connectivity index (χ4v) is 2.54. The zero-order valence-corrected chi connectivity index (χ0v) is 11.1. The van der Waals surface area contributed by atoms with Crippen molar-refractivity contribution in [2.45, 2.75) is 13.5 Å². The molecule has 20 heavy (non-hydrogen) atoms. The quantitative estimate of drug-likeness (QED) is 0.790. The number of carbonyl (C=O) groups is 1. The molecule has 4 nitrogen and oxygen atoms in total. The van der Waals surface area contributed by atoms with Crippen LogP contribution in [0, 0.1) is 0 Å². The standard InChI is InChI=1S/C16H14N2O2/c1-2-18-13(8-9-14(18)16(19)20)12-7-3-5-11-6-4-10-17-15(11)12/h3-10H,2H2,1H3,(H,19,20). The van der Waals surface area contributed by atoms with Crippen LogP contribution in [0.1, 0.15) is 17.4 Å². The summed E-state index contributed by atoms with van der Waals surface area (Å²) in [5, 5.41) is 10.3. The Balaban J connectivity index is 2.29. The Morgan fingerprint density at radius 2 is 2.00 bits per heavy atom. The summed E-state index contributed by atoms with van der Waals surface area (Å²) in [6.07, 6.45) is 1.75. The fraction of sp³-hybridized carbons (Fsp3) is 0.125. The number of pyridine rings is 1. The second-order valence-electron chi connectivity index (χ2n) is 4.53. The summed E-state index contributed by atoms with van der Waals surface area (Å²) in [6, 6.07) is 13.3. The van der Waals surface area contributed by atoms with Crippen LogP contribution < -0.4 is 0 Å². The van der Waals surface area contributed by atoms with Crippen LogP contribution in [0.25, 0.3) is 22.2 Å². The number of carboxylic acids is 1. The van der Waals surface area contributed by atoms with Crippen molar-refractivity contribution in [2.75, 3.05) is 0 Å². The molecule has 0 radical (unpaired) electrons. The van der Waals surface area contributed by atoms with Crippen LogP contribution in [0.2, 0.25) is 0 Å². The fourth-order valence-electron chi connectivity index (χ4n) is 2.54. The summed E-state index contributed by atoms with van der Waals surface area (Å²) < 4.78 is 1.80. The van der Waals surface area contributed by atoms with Crippen molar-refractivity contribution in [3.05, 3.63) is 54.4 Å². The summed E-state index contributed by atoms with van der Waals surface area (Å²) in [5.41, 5.74) is 3.03. The van der Waals surface area contributed by atoms with Crippen LogP contribution >= 0.6 is 0 Å². The number of rotatable bonds is 3. The highest BCUT2D eigenvalue weighted by atomic mass is 16.4. The highest BCUT2D eigenvalue weighted by Gasteiger charge is 2.15. The van der Waals surface area contributed by atoms with Gasteiger partial charge in [-0.2, -0.15) is 0 Å². The number of fused-ring (bicyclic) bond motifs is 1. The predicted molar refractivity (Wildman–Crippen MR) is 77.8 cm³/mol. The number of para-hydroxylation sites is 1. The van der Waals surface area contributed by atoms with Gasteiger partial charge in [-0.3, -0.25) is 4.98 Å². The Kier molecular flexibility index (Phi) is 2.99. The Morgan fingerprint density at radius 3 is 2.75 bits per heavy atom. The van der Waals surface area contributed by atoms with Crippen molar-refractivity contribution in [1.82, 2.24) is 9.55 Å². The van der Waals surface area contributed by atoms with Gasteiger partial charge in [-0.05, 0) is 25.1 Å². The molecule has 1 aromatic carbocycles. The molecule has 0 amide bonds. The Hall–Kier alpha value is -2.62. The Morgan fingerprint density at radius 1 is 1.20 bits per heavy atom. The third-order valence-electron chi connectivity index (χ3n) is 3.42. The van der Waals surface area contributed by atoms with E-state index >= 15 is 0 Å². The maximum absolute atomic E-state index is 11.3. The molecule has 3 rings (SSSR count). The summed E-state index contributed by atoms with van der Waals surface area (Å²) in [7, 11) is 0. The van der Waals surface area contributed by atoms with Gasteiger partial charge >= 0.3 is 5.97 Å². The van der Waals surface area contributed by atoms with Crippen LogP contribution in [-0.2, 0) is 6.54 Å². The molecule has 0 atom stereocenters. The molecule has 0 aliphatic carbocycles. The Labute approximate surface area is 116 Å². The molecule has 0 fully saturated rings. The molecular weight excluding hydrogens is 252 g/mol. The zero-order valence-electron chi connectivity index (χ0n) is 11.1. The molecule has 0 saturated heterocycles. The minimum Gasteiger partial charge on any atom is -0.477 e. The summed E-state index contributed by atoms with van der Waals surface area (Å²) in [4.78, 5) is 15.7. The number of aromatic nitrogens is 2. The SMILES string of the molecule is CCn1c(C(=O)O)ccc1-c1cccc2cccnc12. The number of benzene rings is 1. The van der Waals surface area contributed by atoms with E-state index < -0.39 is 5.97 Å². The minimum absolute atomic E-state index is 0.301. The second-order valence-corrected chi connectivity index (χ2v) is 4.53. The van der Waals surface area contributed by atoms with Gasteiger partial charge in [-0.25, -0.2) is 4.79 Å². The van der Waals surface area contributed by atoms with Gasteiger partial charge in [0.15, 0.2) is 0 Å². The number of hydrogen-bond donors (Lipinski definition) is 1. The van der Waals surface area contributed by atoms with Crippen molar-refractivity contribution in [3.8, 4) is 11.3 Å². The van der Waals surface area contributed by atoms with Crippen molar-refractivity contribution in [1.29, 1.82) is 0 Å². The number of carboxylic acid groups (broad SMARTS) is 1. The van der Waals surface area contributed by atoms with E-state index in [0.717, 1.165) is 22.2 Å². The van der Waals surface area contributed by atoms with Gasteiger partial charge in [0.25, 0.3) is 0 Å². The van der Waals surface area contributed by atoms with Crippen molar-refractivity contribution in [3.63, 3.8) is 0 Å². The van der Waals surface area contributed by atoms with Crippen LogP contribution in [0.15, 0.2) is 48.7 Å². The van der Waals surface area contributed by atoms with Gasteiger partial charge in [-0.15, -0.1) is 0 Å². The van der Waals surface area contributed by atoms with E-state index in [-0.39, 0.29) is 0 Å². The average molecular weight is 266 g/mol. The first-order valence-electron chi connectivity index (χ1n) is 6.49. The van der Waals surface area contributed by atoms with Gasteiger partial charge in [0.05, 0.1) is 11.2 Å². The molecule has 0 aliphatic rings. The molecule has 0 spiro atoms. The van der Waals surface area contributed by atoms with Crippen molar-refractivity contribution >= 4 is 16.9 Å². The molecule has 4 heteroatoms. The molecule has 0 saturated carbocycles. The molecule has 0 bridgehead atoms. The molecule has 100 valence electrons. The molecule has 3 aromatic rings. The first-order valence-corrected chi connectivity index (χ1v) is 6.49. The van der Waals surface area contributed by atoms with E-state index in [2.05, 4.69) is 4.98 Å². The summed E-state index contributed by atoms with van der Waals surface area (Å²) in [5.74, 6) is -0.911. The van der Waals surface area contributed by atoms with Gasteiger partial charge in [0, 0.05) is 23.7 Å². The van der Waals surface area contributed by atoms with Crippen LogP contribution in [0.5, 0.6) is 0 Å². The summed E-state index contributed by atoms with van der Waals surface area (Å²) in [6.45, 7) is 2.54. The monoisotopic (exact) mass is 266 g/mol. The van der Waals surface area contributed by atoms with E-state index in [4.69, 9.17) is 0 Å². The first-order chi connectivity index (χ1) is 9.72. The van der Waals surface area contributed by atoms with E-state index in [1.165, 1.54) is 0 Å². The molecule has 0 unspecified atom stereocenters. The largest absolute Gasteiger partial charge is 0.477 e. The topological polar surface area (TPSA) is 55.1 Å². The van der Waals surface area contributed by atoms with Crippen molar-refractivity contribution < 1.29 is 9.90 Å². The molecule has 2 heterocycles. The maximum Gasteiger partial charge on any atom is 0.352 e. The van der Waals surface area contributed by atoms with E-state index in [1.807, 2.05) is 43.3 Å². The highest BCUT2D eigenvalue weighted by Crippen LogP contribution is 2.28. The molecular formula is C16H14N2O2. The van der Waals surface area contributed by atoms with Crippen LogP contribution in [0.3, 0.4) is 0 Å². The highest BCUT2D eigenvalue weighted by molar-refractivity contribution is 5.94. The first kappa shape index (κ1) is 12.4. The Bertz CT molecular complexity index is 785. The zero-order chi connectivity index (χ0) is 14.1. The average Bonchev–Trinajstić information content (AvgIpc) is 2.90. The maximum atomic E-state index is 11.3. The summed E-state index contributed by atoms with van der Waals surface area (Å²) >= 11 is 0. The number of aromatic carboxylic acids is 1. The lowest BCUT2D eigenvalue weighted by Crippen LogP contribution is -2.08. The normalized spacial score (nSPS) is 10.8. The van der Waals surface area contributed by atoms with Crippen LogP contribution in [-0.4, -0.2) is 20.6 Å².